The second kappa shape index (κ2) is 15.8. The molecule has 0 saturated heterocycles. The molecule has 0 aromatic heterocycles. The highest BCUT2D eigenvalue weighted by Crippen LogP contribution is 2.19. The highest BCUT2D eigenvalue weighted by molar-refractivity contribution is 5.28. The quantitative estimate of drug-likeness (QED) is 0.586. The molecule has 2 aromatic carbocycles. The molecule has 0 aliphatic heterocycles. The molecule has 1 heteroatoms. The first-order valence-electron chi connectivity index (χ1n) is 8.27. The predicted molar refractivity (Wildman–Crippen MR) is 98.4 cm³/mol. The minimum Gasteiger partial charge on any atom is -0.388 e. The molecule has 0 spiro atoms. The lowest BCUT2D eigenvalue weighted by molar-refractivity contribution is 0.277. The summed E-state index contributed by atoms with van der Waals surface area (Å²) in [7, 11) is 3.25. The van der Waals surface area contributed by atoms with E-state index in [1.54, 1.807) is 25.3 Å². The van der Waals surface area contributed by atoms with Crippen molar-refractivity contribution in [3.63, 3.8) is 0 Å². The van der Waals surface area contributed by atoms with E-state index in [0.29, 0.717) is 0 Å². The van der Waals surface area contributed by atoms with Crippen LogP contribution >= 0.6 is 0 Å². The summed E-state index contributed by atoms with van der Waals surface area (Å²) in [5.74, 6) is 0. The minimum absolute atomic E-state index is 1.25. The van der Waals surface area contributed by atoms with Gasteiger partial charge in [-0.1, -0.05) is 80.9 Å². The Bertz CT molecular complexity index is 383. The normalized spacial score (nSPS) is 11.3. The lowest BCUT2D eigenvalue weighted by Gasteiger charge is -2.13. The molecule has 1 aliphatic carbocycles. The van der Waals surface area contributed by atoms with Crippen molar-refractivity contribution >= 4 is 0 Å². The summed E-state index contributed by atoms with van der Waals surface area (Å²) >= 11 is 0. The maximum atomic E-state index is 4.25. The first kappa shape index (κ1) is 20.4. The van der Waals surface area contributed by atoms with Crippen molar-refractivity contribution in [1.29, 1.82) is 0 Å². The number of ether oxygens (including phenoxy) is 1. The van der Waals surface area contributed by atoms with E-state index < -0.39 is 0 Å². The summed E-state index contributed by atoms with van der Waals surface area (Å²) in [5, 5.41) is 0. The molecule has 1 aliphatic rings. The molecule has 3 rings (SSSR count). The van der Waals surface area contributed by atoms with E-state index in [0.717, 1.165) is 0 Å². The molecule has 0 radical (unpaired) electrons. The molecule has 2 aromatic rings. The van der Waals surface area contributed by atoms with Crippen LogP contribution in [0.4, 0.5) is 0 Å². The van der Waals surface area contributed by atoms with Gasteiger partial charge in [-0.2, -0.15) is 0 Å². The first-order chi connectivity index (χ1) is 10.8. The van der Waals surface area contributed by atoms with Gasteiger partial charge in [-0.3, -0.25) is 0 Å². The van der Waals surface area contributed by atoms with Crippen LogP contribution in [0.15, 0.2) is 60.7 Å². The average molecular weight is 300 g/mol. The summed E-state index contributed by atoms with van der Waals surface area (Å²) < 4.78 is 4.25. The van der Waals surface area contributed by atoms with Gasteiger partial charge < -0.3 is 4.74 Å². The molecular formula is C21H32O. The van der Waals surface area contributed by atoms with E-state index in [1.165, 1.54) is 32.1 Å². The van der Waals surface area contributed by atoms with E-state index >= 15 is 0 Å². The number of hydrogen-bond acceptors (Lipinski definition) is 1. The zero-order valence-electron chi connectivity index (χ0n) is 14.7. The lowest BCUT2D eigenvalue weighted by Crippen LogP contribution is -2.00. The molecular weight excluding hydrogens is 268 g/mol. The largest absolute Gasteiger partial charge is 0.388 e. The van der Waals surface area contributed by atoms with Gasteiger partial charge in [-0.25, -0.2) is 0 Å². The summed E-state index contributed by atoms with van der Waals surface area (Å²) in [6.45, 7) is 4.25. The molecule has 0 saturated carbocycles. The van der Waals surface area contributed by atoms with E-state index in [4.69, 9.17) is 0 Å². The molecule has 0 N–H and O–H groups in total. The number of hydrogen-bond donors (Lipinski definition) is 0. The SMILES string of the molecule is CCC.COC.c1ccc2c(c1)CCCC2.c1ccccc1. The van der Waals surface area contributed by atoms with E-state index in [-0.39, 0.29) is 0 Å². The molecule has 0 heterocycles. The van der Waals surface area contributed by atoms with E-state index in [2.05, 4.69) is 42.8 Å². The Hall–Kier alpha value is -1.60. The molecule has 22 heavy (non-hydrogen) atoms. The Kier molecular flexibility index (Phi) is 14.6. The average Bonchev–Trinajstić information content (AvgIpc) is 2.59. The van der Waals surface area contributed by atoms with Gasteiger partial charge in [-0.05, 0) is 36.8 Å². The summed E-state index contributed by atoms with van der Waals surface area (Å²) in [6, 6.07) is 20.8. The Morgan fingerprint density at radius 3 is 1.23 bits per heavy atom. The van der Waals surface area contributed by atoms with E-state index in [1.807, 2.05) is 36.4 Å². The number of aryl methyl sites for hydroxylation is 2. The van der Waals surface area contributed by atoms with Crippen molar-refractivity contribution in [2.75, 3.05) is 14.2 Å². The van der Waals surface area contributed by atoms with Crippen molar-refractivity contribution in [1.82, 2.24) is 0 Å². The van der Waals surface area contributed by atoms with Crippen molar-refractivity contribution < 1.29 is 4.74 Å². The molecule has 0 fully saturated rings. The van der Waals surface area contributed by atoms with Crippen LogP contribution in [0, 0.1) is 0 Å². The number of methoxy groups -OCH3 is 1. The monoisotopic (exact) mass is 300 g/mol. The zero-order chi connectivity index (χ0) is 16.5. The van der Waals surface area contributed by atoms with Gasteiger partial charge in [0, 0.05) is 14.2 Å². The Morgan fingerprint density at radius 2 is 0.955 bits per heavy atom. The second-order valence-electron chi connectivity index (χ2n) is 5.25. The van der Waals surface area contributed by atoms with Crippen LogP contribution in [0.2, 0.25) is 0 Å². The Labute approximate surface area is 137 Å². The Morgan fingerprint density at radius 1 is 0.682 bits per heavy atom. The molecule has 0 bridgehead atoms. The number of fused-ring (bicyclic) bond motifs is 1. The van der Waals surface area contributed by atoms with Gasteiger partial charge in [0.1, 0.15) is 0 Å². The summed E-state index contributed by atoms with van der Waals surface area (Å²) in [4.78, 5) is 0. The highest BCUT2D eigenvalue weighted by atomic mass is 16.4. The van der Waals surface area contributed by atoms with Crippen LogP contribution in [-0.4, -0.2) is 14.2 Å². The van der Waals surface area contributed by atoms with Crippen LogP contribution in [0.1, 0.15) is 44.2 Å². The van der Waals surface area contributed by atoms with Crippen LogP contribution in [0.25, 0.3) is 0 Å². The molecule has 0 amide bonds. The zero-order valence-corrected chi connectivity index (χ0v) is 14.7. The Balaban J connectivity index is 0.000000315. The smallest absolute Gasteiger partial charge is 0.0351 e. The second-order valence-corrected chi connectivity index (χ2v) is 5.25. The van der Waals surface area contributed by atoms with Gasteiger partial charge in [0.2, 0.25) is 0 Å². The molecule has 0 atom stereocenters. The van der Waals surface area contributed by atoms with Crippen LogP contribution < -0.4 is 0 Å². The molecule has 122 valence electrons. The van der Waals surface area contributed by atoms with Crippen LogP contribution in [0.5, 0.6) is 0 Å². The standard InChI is InChI=1S/C10H12.C6H6.C3H8.C2H6O/c1-2-6-10-8-4-3-7-9(10)5-1;1-2-4-6-5-3-1;2*1-3-2/h1-2,5-6H,3-4,7-8H2;1-6H;3H2,1-2H3;1-2H3. The maximum Gasteiger partial charge on any atom is 0.0351 e. The third kappa shape index (κ3) is 11.1. The van der Waals surface area contributed by atoms with E-state index in [9.17, 15) is 0 Å². The highest BCUT2D eigenvalue weighted by Gasteiger charge is 2.05. The van der Waals surface area contributed by atoms with Gasteiger partial charge in [0.05, 0.1) is 0 Å². The van der Waals surface area contributed by atoms with Gasteiger partial charge >= 0.3 is 0 Å². The molecule has 1 nitrogen and oxygen atoms in total. The van der Waals surface area contributed by atoms with Crippen molar-refractivity contribution in [3.05, 3.63) is 71.8 Å². The van der Waals surface area contributed by atoms with Gasteiger partial charge in [0.15, 0.2) is 0 Å². The van der Waals surface area contributed by atoms with Crippen molar-refractivity contribution in [2.24, 2.45) is 0 Å². The third-order valence-electron chi connectivity index (χ3n) is 2.93. The fraction of sp³-hybridized carbons (Fsp3) is 0.429. The molecule has 0 unspecified atom stereocenters. The lowest BCUT2D eigenvalue weighted by atomic mass is 9.92. The maximum absolute atomic E-state index is 4.25. The van der Waals surface area contributed by atoms with Gasteiger partial charge in [-0.15, -0.1) is 0 Å². The number of rotatable bonds is 0. The fourth-order valence-electron chi connectivity index (χ4n) is 2.06. The first-order valence-corrected chi connectivity index (χ1v) is 8.27. The van der Waals surface area contributed by atoms with Crippen LogP contribution in [-0.2, 0) is 17.6 Å². The summed E-state index contributed by atoms with van der Waals surface area (Å²) in [5.41, 5.74) is 3.16. The predicted octanol–water partition coefficient (Wildman–Crippen LogP) is 5.93. The number of benzene rings is 2. The topological polar surface area (TPSA) is 9.23 Å². The third-order valence-corrected chi connectivity index (χ3v) is 2.93. The van der Waals surface area contributed by atoms with Crippen molar-refractivity contribution in [3.8, 4) is 0 Å². The fourth-order valence-corrected chi connectivity index (χ4v) is 2.06. The summed E-state index contributed by atoms with van der Waals surface area (Å²) in [6.07, 6.45) is 6.63. The van der Waals surface area contributed by atoms with Crippen LogP contribution in [0.3, 0.4) is 0 Å². The minimum atomic E-state index is 1.25. The van der Waals surface area contributed by atoms with Gasteiger partial charge in [0.25, 0.3) is 0 Å². The van der Waals surface area contributed by atoms with Crippen molar-refractivity contribution in [2.45, 2.75) is 46.0 Å².